The monoisotopic (exact) mass is 412 g/mol. The van der Waals surface area contributed by atoms with Gasteiger partial charge >= 0.3 is 0 Å². The average Bonchev–Trinajstić information content (AvgIpc) is 3.31. The summed E-state index contributed by atoms with van der Waals surface area (Å²) in [6.45, 7) is 5.91. The number of halogens is 1. The maximum atomic E-state index is 10.0. The van der Waals surface area contributed by atoms with Gasteiger partial charge in [-0.15, -0.1) is 0 Å². The first kappa shape index (κ1) is 19.7. The zero-order valence-electron chi connectivity index (χ0n) is 16.6. The molecule has 7 nitrogen and oxygen atoms in total. The van der Waals surface area contributed by atoms with E-state index in [1.807, 2.05) is 30.8 Å². The Hall–Kier alpha value is -2.64. The number of anilines is 1. The summed E-state index contributed by atoms with van der Waals surface area (Å²) in [4.78, 5) is 8.98. The Balaban J connectivity index is 1.77. The Morgan fingerprint density at radius 3 is 2.93 bits per heavy atom. The second-order valence-corrected chi connectivity index (χ2v) is 8.11. The standard InChI is InChI=1S/C21H25ClN6O/c1-13(2)25-21-24-7-5-19(26-21)18-12-28(11-16-4-3-6-23-16)27-20(18)14-8-15(22)10-17(29)9-14/h5,7-10,12-13,16,23,29H,3-4,6,11H2,1-2H3,(H,24,25,26)/t16-/m1/s1. The van der Waals surface area contributed by atoms with Gasteiger partial charge in [0.05, 0.1) is 12.2 Å². The van der Waals surface area contributed by atoms with E-state index in [-0.39, 0.29) is 11.8 Å². The molecule has 0 unspecified atom stereocenters. The van der Waals surface area contributed by atoms with Crippen molar-refractivity contribution in [1.82, 2.24) is 25.1 Å². The predicted molar refractivity (Wildman–Crippen MR) is 115 cm³/mol. The molecule has 0 saturated carbocycles. The molecule has 8 heteroatoms. The SMILES string of the molecule is CC(C)Nc1nccc(-c2cn(C[C@H]3CCCN3)nc2-c2cc(O)cc(Cl)c2)n1. The van der Waals surface area contributed by atoms with Gasteiger partial charge in [0.15, 0.2) is 0 Å². The van der Waals surface area contributed by atoms with Crippen LogP contribution in [0.5, 0.6) is 5.75 Å². The molecule has 1 atom stereocenters. The highest BCUT2D eigenvalue weighted by Crippen LogP contribution is 2.34. The zero-order valence-corrected chi connectivity index (χ0v) is 17.3. The molecular weight excluding hydrogens is 388 g/mol. The minimum Gasteiger partial charge on any atom is -0.508 e. The fourth-order valence-corrected chi connectivity index (χ4v) is 3.83. The van der Waals surface area contributed by atoms with Crippen LogP contribution in [0, 0.1) is 0 Å². The van der Waals surface area contributed by atoms with Gasteiger partial charge in [0, 0.05) is 40.6 Å². The molecule has 1 aliphatic heterocycles. The number of phenols is 1. The summed E-state index contributed by atoms with van der Waals surface area (Å²) in [7, 11) is 0. The van der Waals surface area contributed by atoms with Crippen LogP contribution in [0.4, 0.5) is 5.95 Å². The Labute approximate surface area is 175 Å². The average molecular weight is 413 g/mol. The van der Waals surface area contributed by atoms with Crippen molar-refractivity contribution in [2.24, 2.45) is 0 Å². The van der Waals surface area contributed by atoms with Crippen molar-refractivity contribution in [3.63, 3.8) is 0 Å². The third kappa shape index (κ3) is 4.68. The quantitative estimate of drug-likeness (QED) is 0.568. The molecule has 152 valence electrons. The molecule has 0 aliphatic carbocycles. The molecule has 3 heterocycles. The third-order valence-electron chi connectivity index (χ3n) is 4.84. The molecule has 3 aromatic rings. The van der Waals surface area contributed by atoms with Crippen molar-refractivity contribution >= 4 is 17.5 Å². The van der Waals surface area contributed by atoms with Crippen molar-refractivity contribution < 1.29 is 5.11 Å². The molecular formula is C21H25ClN6O. The van der Waals surface area contributed by atoms with Crippen molar-refractivity contribution in [2.75, 3.05) is 11.9 Å². The molecule has 2 aromatic heterocycles. The van der Waals surface area contributed by atoms with Crippen molar-refractivity contribution in [1.29, 1.82) is 0 Å². The molecule has 3 N–H and O–H groups in total. The lowest BCUT2D eigenvalue weighted by atomic mass is 10.1. The summed E-state index contributed by atoms with van der Waals surface area (Å²) in [5.41, 5.74) is 3.12. The highest BCUT2D eigenvalue weighted by Gasteiger charge is 2.20. The molecule has 1 saturated heterocycles. The minimum absolute atomic E-state index is 0.107. The normalized spacial score (nSPS) is 16.5. The van der Waals surface area contributed by atoms with E-state index in [2.05, 4.69) is 20.6 Å². The fourth-order valence-electron chi connectivity index (χ4n) is 3.60. The first-order valence-electron chi connectivity index (χ1n) is 9.88. The van der Waals surface area contributed by atoms with E-state index < -0.39 is 0 Å². The van der Waals surface area contributed by atoms with Crippen LogP contribution in [-0.4, -0.2) is 43.5 Å². The molecule has 1 fully saturated rings. The topological polar surface area (TPSA) is 87.9 Å². The minimum atomic E-state index is 0.107. The molecule has 1 aliphatic rings. The number of aromatic hydroxyl groups is 1. The van der Waals surface area contributed by atoms with Crippen molar-refractivity contribution in [3.8, 4) is 28.3 Å². The van der Waals surface area contributed by atoms with Crippen LogP contribution in [0.2, 0.25) is 5.02 Å². The second-order valence-electron chi connectivity index (χ2n) is 7.67. The van der Waals surface area contributed by atoms with E-state index in [9.17, 15) is 5.11 Å². The molecule has 0 radical (unpaired) electrons. The van der Waals surface area contributed by atoms with Crippen molar-refractivity contribution in [3.05, 3.63) is 41.7 Å². The highest BCUT2D eigenvalue weighted by molar-refractivity contribution is 6.31. The Morgan fingerprint density at radius 1 is 1.34 bits per heavy atom. The number of aromatic nitrogens is 4. The Morgan fingerprint density at radius 2 is 2.21 bits per heavy atom. The van der Waals surface area contributed by atoms with Gasteiger partial charge in [-0.2, -0.15) is 5.10 Å². The lowest BCUT2D eigenvalue weighted by Gasteiger charge is -2.09. The number of nitrogens with zero attached hydrogens (tertiary/aromatic N) is 4. The summed E-state index contributed by atoms with van der Waals surface area (Å²) < 4.78 is 1.95. The molecule has 1 aromatic carbocycles. The van der Waals surface area contributed by atoms with E-state index >= 15 is 0 Å². The zero-order chi connectivity index (χ0) is 20.4. The predicted octanol–water partition coefficient (Wildman–Crippen LogP) is 3.94. The molecule has 0 spiro atoms. The maximum Gasteiger partial charge on any atom is 0.223 e. The van der Waals surface area contributed by atoms with Crippen LogP contribution in [0.3, 0.4) is 0 Å². The van der Waals surface area contributed by atoms with Gasteiger partial charge in [-0.3, -0.25) is 4.68 Å². The second kappa shape index (κ2) is 8.39. The Kier molecular flexibility index (Phi) is 5.69. The number of hydrogen-bond acceptors (Lipinski definition) is 6. The van der Waals surface area contributed by atoms with Gasteiger partial charge in [0.2, 0.25) is 5.95 Å². The van der Waals surface area contributed by atoms with Crippen LogP contribution in [0.1, 0.15) is 26.7 Å². The first-order chi connectivity index (χ1) is 14.0. The summed E-state index contributed by atoms with van der Waals surface area (Å²) in [5.74, 6) is 0.679. The summed E-state index contributed by atoms with van der Waals surface area (Å²) >= 11 is 6.18. The lowest BCUT2D eigenvalue weighted by Crippen LogP contribution is -2.26. The molecule has 0 amide bonds. The molecule has 0 bridgehead atoms. The fraction of sp³-hybridized carbons (Fsp3) is 0.381. The van der Waals surface area contributed by atoms with Crippen molar-refractivity contribution in [2.45, 2.75) is 45.3 Å². The number of rotatable bonds is 6. The van der Waals surface area contributed by atoms with Crippen LogP contribution in [-0.2, 0) is 6.54 Å². The van der Waals surface area contributed by atoms with Gasteiger partial charge in [0.1, 0.15) is 11.4 Å². The number of hydrogen-bond donors (Lipinski definition) is 3. The lowest BCUT2D eigenvalue weighted by molar-refractivity contribution is 0.474. The smallest absolute Gasteiger partial charge is 0.223 e. The van der Waals surface area contributed by atoms with Crippen LogP contribution in [0.15, 0.2) is 36.7 Å². The van der Waals surface area contributed by atoms with Gasteiger partial charge in [-0.25, -0.2) is 9.97 Å². The van der Waals surface area contributed by atoms with E-state index in [0.29, 0.717) is 17.0 Å². The number of benzene rings is 1. The molecule has 29 heavy (non-hydrogen) atoms. The van der Waals surface area contributed by atoms with Gasteiger partial charge in [-0.1, -0.05) is 11.6 Å². The number of nitrogens with one attached hydrogen (secondary N) is 2. The first-order valence-corrected chi connectivity index (χ1v) is 10.3. The van der Waals surface area contributed by atoms with E-state index in [1.54, 1.807) is 18.3 Å². The third-order valence-corrected chi connectivity index (χ3v) is 5.06. The maximum absolute atomic E-state index is 10.0. The van der Waals surface area contributed by atoms with E-state index in [4.69, 9.17) is 16.7 Å². The van der Waals surface area contributed by atoms with Crippen LogP contribution < -0.4 is 10.6 Å². The number of phenolic OH excluding ortho intramolecular Hbond substituents is 1. The Bertz CT molecular complexity index is 976. The van der Waals surface area contributed by atoms with Gasteiger partial charge in [0.25, 0.3) is 0 Å². The van der Waals surface area contributed by atoms with Gasteiger partial charge in [-0.05, 0) is 57.5 Å². The van der Waals surface area contributed by atoms with Crippen LogP contribution in [0.25, 0.3) is 22.5 Å². The van der Waals surface area contributed by atoms with Gasteiger partial charge < -0.3 is 15.7 Å². The summed E-state index contributed by atoms with van der Waals surface area (Å²) in [6.07, 6.45) is 6.07. The largest absolute Gasteiger partial charge is 0.508 e. The van der Waals surface area contributed by atoms with E-state index in [0.717, 1.165) is 42.0 Å². The summed E-state index contributed by atoms with van der Waals surface area (Å²) in [5, 5.41) is 22.1. The summed E-state index contributed by atoms with van der Waals surface area (Å²) in [6, 6.07) is 7.50. The van der Waals surface area contributed by atoms with Crippen LogP contribution >= 0.6 is 11.6 Å². The van der Waals surface area contributed by atoms with E-state index in [1.165, 1.54) is 12.5 Å². The molecule has 4 rings (SSSR count). The highest BCUT2D eigenvalue weighted by atomic mass is 35.5.